The summed E-state index contributed by atoms with van der Waals surface area (Å²) in [6.07, 6.45) is 0.495. The lowest BCUT2D eigenvalue weighted by molar-refractivity contribution is -0.139. The van der Waals surface area contributed by atoms with E-state index in [1.165, 1.54) is 12.1 Å². The molecule has 0 aliphatic carbocycles. The quantitative estimate of drug-likeness (QED) is 0.831. The minimum absolute atomic E-state index is 0.0264. The van der Waals surface area contributed by atoms with Crippen LogP contribution in [0.25, 0.3) is 0 Å². The Morgan fingerprint density at radius 1 is 1.47 bits per heavy atom. The number of halogens is 2. The zero-order chi connectivity index (χ0) is 11.4. The molecule has 1 N–H and O–H groups in total. The molecule has 0 fully saturated rings. The lowest BCUT2D eigenvalue weighted by atomic mass is 10.2. The van der Waals surface area contributed by atoms with Crippen molar-refractivity contribution in [1.29, 1.82) is 0 Å². The molecule has 6 heteroatoms. The van der Waals surface area contributed by atoms with E-state index in [4.69, 9.17) is 33.0 Å². The van der Waals surface area contributed by atoms with Crippen molar-refractivity contribution in [3.63, 3.8) is 0 Å². The molecule has 1 aromatic carbocycles. The zero-order valence-electron chi connectivity index (χ0n) is 7.37. The summed E-state index contributed by atoms with van der Waals surface area (Å²) >= 11 is 11.4. The highest BCUT2D eigenvalue weighted by atomic mass is 35.5. The fraction of sp³-hybridized carbons (Fsp3) is 0.111. The van der Waals surface area contributed by atoms with E-state index in [1.807, 2.05) is 0 Å². The minimum atomic E-state index is -1.15. The van der Waals surface area contributed by atoms with Crippen LogP contribution in [0.4, 0.5) is 0 Å². The monoisotopic (exact) mass is 248 g/mol. The predicted molar refractivity (Wildman–Crippen MR) is 55.0 cm³/mol. The van der Waals surface area contributed by atoms with Crippen LogP contribution >= 0.6 is 23.2 Å². The van der Waals surface area contributed by atoms with Crippen LogP contribution in [0.15, 0.2) is 12.1 Å². The molecule has 0 saturated carbocycles. The first-order valence-electron chi connectivity index (χ1n) is 3.83. The third kappa shape index (κ3) is 3.11. The number of carbonyl (C=O) groups excluding carboxylic acids is 1. The summed E-state index contributed by atoms with van der Waals surface area (Å²) in [5.41, 5.74) is 0.119. The molecule has 4 nitrogen and oxygen atoms in total. The van der Waals surface area contributed by atoms with Gasteiger partial charge in [-0.2, -0.15) is 0 Å². The van der Waals surface area contributed by atoms with Crippen LogP contribution in [0.5, 0.6) is 5.75 Å². The zero-order valence-corrected chi connectivity index (χ0v) is 8.88. The van der Waals surface area contributed by atoms with Gasteiger partial charge >= 0.3 is 5.97 Å². The molecule has 15 heavy (non-hydrogen) atoms. The van der Waals surface area contributed by atoms with Gasteiger partial charge in [-0.15, -0.1) is 0 Å². The van der Waals surface area contributed by atoms with Crippen molar-refractivity contribution in [2.24, 2.45) is 0 Å². The van der Waals surface area contributed by atoms with Gasteiger partial charge < -0.3 is 9.84 Å². The van der Waals surface area contributed by atoms with Crippen LogP contribution in [-0.4, -0.2) is 24.0 Å². The van der Waals surface area contributed by atoms with E-state index < -0.39 is 12.6 Å². The summed E-state index contributed by atoms with van der Waals surface area (Å²) in [5.74, 6) is -1.13. The number of aliphatic carboxylic acids is 1. The fourth-order valence-corrected chi connectivity index (χ4v) is 1.52. The molecular weight excluding hydrogens is 243 g/mol. The molecule has 0 saturated heterocycles. The Hall–Kier alpha value is -1.26. The molecule has 0 aliphatic rings. The molecule has 0 radical (unpaired) electrons. The van der Waals surface area contributed by atoms with E-state index in [0.29, 0.717) is 6.29 Å². The number of carbonyl (C=O) groups is 2. The van der Waals surface area contributed by atoms with Gasteiger partial charge in [0.2, 0.25) is 0 Å². The Kier molecular flexibility index (Phi) is 3.94. The summed E-state index contributed by atoms with van der Waals surface area (Å²) in [6, 6.07) is 2.71. The Morgan fingerprint density at radius 2 is 2.13 bits per heavy atom. The second-order valence-electron chi connectivity index (χ2n) is 2.61. The lowest BCUT2D eigenvalue weighted by Crippen LogP contribution is -2.10. The molecule has 0 aliphatic heterocycles. The van der Waals surface area contributed by atoms with Crippen molar-refractivity contribution in [3.05, 3.63) is 27.7 Å². The van der Waals surface area contributed by atoms with Gasteiger partial charge in [-0.25, -0.2) is 4.79 Å². The van der Waals surface area contributed by atoms with Gasteiger partial charge in [0.05, 0.1) is 10.6 Å². The highest BCUT2D eigenvalue weighted by Crippen LogP contribution is 2.31. The Morgan fingerprint density at radius 3 is 2.67 bits per heavy atom. The van der Waals surface area contributed by atoms with Crippen molar-refractivity contribution in [2.45, 2.75) is 0 Å². The first-order valence-corrected chi connectivity index (χ1v) is 4.59. The number of carboxylic acid groups (broad SMARTS) is 1. The summed E-state index contributed by atoms with van der Waals surface area (Å²) in [6.45, 7) is -0.567. The van der Waals surface area contributed by atoms with E-state index in [1.54, 1.807) is 0 Å². The fourth-order valence-electron chi connectivity index (χ4n) is 0.954. The summed E-state index contributed by atoms with van der Waals surface area (Å²) in [7, 11) is 0. The van der Waals surface area contributed by atoms with E-state index in [9.17, 15) is 9.59 Å². The van der Waals surface area contributed by atoms with Crippen molar-refractivity contribution < 1.29 is 19.4 Å². The van der Waals surface area contributed by atoms with Gasteiger partial charge in [-0.05, 0) is 12.1 Å². The van der Waals surface area contributed by atoms with Crippen LogP contribution in [-0.2, 0) is 4.79 Å². The summed E-state index contributed by atoms with van der Waals surface area (Å²) in [5, 5.41) is 8.79. The number of hydrogen-bond acceptors (Lipinski definition) is 3. The highest BCUT2D eigenvalue weighted by Gasteiger charge is 2.11. The molecule has 0 unspecified atom stereocenters. The average Bonchev–Trinajstić information content (AvgIpc) is 2.14. The molecule has 0 amide bonds. The van der Waals surface area contributed by atoms with Gasteiger partial charge in [0.15, 0.2) is 12.9 Å². The normalized spacial score (nSPS) is 9.73. The van der Waals surface area contributed by atoms with Crippen LogP contribution in [0.2, 0.25) is 10.0 Å². The van der Waals surface area contributed by atoms with Crippen LogP contribution < -0.4 is 4.74 Å². The first-order chi connectivity index (χ1) is 7.04. The van der Waals surface area contributed by atoms with Crippen LogP contribution in [0.3, 0.4) is 0 Å². The third-order valence-electron chi connectivity index (χ3n) is 1.50. The topological polar surface area (TPSA) is 63.6 Å². The lowest BCUT2D eigenvalue weighted by Gasteiger charge is -2.08. The molecule has 80 valence electrons. The second kappa shape index (κ2) is 5.00. The summed E-state index contributed by atoms with van der Waals surface area (Å²) < 4.78 is 4.85. The number of carboxylic acids is 1. The van der Waals surface area contributed by atoms with Crippen molar-refractivity contribution in [2.75, 3.05) is 6.61 Å². The van der Waals surface area contributed by atoms with E-state index in [0.717, 1.165) is 0 Å². The van der Waals surface area contributed by atoms with Crippen LogP contribution in [0, 0.1) is 0 Å². The molecular formula is C9H6Cl2O4. The van der Waals surface area contributed by atoms with Crippen LogP contribution in [0.1, 0.15) is 10.4 Å². The molecule has 0 heterocycles. The maximum absolute atomic E-state index is 10.6. The molecule has 0 atom stereocenters. The van der Waals surface area contributed by atoms with E-state index in [-0.39, 0.29) is 21.4 Å². The number of benzene rings is 1. The van der Waals surface area contributed by atoms with Crippen molar-refractivity contribution in [1.82, 2.24) is 0 Å². The predicted octanol–water partition coefficient (Wildman–Crippen LogP) is 2.27. The van der Waals surface area contributed by atoms with Crippen molar-refractivity contribution >= 4 is 35.5 Å². The third-order valence-corrected chi connectivity index (χ3v) is 2.00. The maximum atomic E-state index is 10.6. The van der Waals surface area contributed by atoms with Gasteiger partial charge in [0.1, 0.15) is 5.75 Å². The number of aldehydes is 1. The number of hydrogen-bond donors (Lipinski definition) is 1. The maximum Gasteiger partial charge on any atom is 0.341 e. The molecule has 0 aromatic heterocycles. The standard InChI is InChI=1S/C9H6Cl2O4/c10-6-1-5(3-12)9(7(11)2-6)15-4-8(13)14/h1-3H,4H2,(H,13,14). The smallest absolute Gasteiger partial charge is 0.341 e. The Balaban J connectivity index is 3.04. The van der Waals surface area contributed by atoms with Gasteiger partial charge in [0.25, 0.3) is 0 Å². The Bertz CT molecular complexity index is 403. The number of rotatable bonds is 4. The van der Waals surface area contributed by atoms with Crippen molar-refractivity contribution in [3.8, 4) is 5.75 Å². The van der Waals surface area contributed by atoms with E-state index in [2.05, 4.69) is 0 Å². The average molecular weight is 249 g/mol. The molecule has 0 bridgehead atoms. The molecule has 0 spiro atoms. The largest absolute Gasteiger partial charge is 0.480 e. The van der Waals surface area contributed by atoms with Gasteiger partial charge in [-0.1, -0.05) is 23.2 Å². The first kappa shape index (κ1) is 11.8. The summed E-state index contributed by atoms with van der Waals surface area (Å²) in [4.78, 5) is 20.9. The number of ether oxygens (including phenoxy) is 1. The molecule has 1 aromatic rings. The second-order valence-corrected chi connectivity index (χ2v) is 3.45. The van der Waals surface area contributed by atoms with Gasteiger partial charge in [-0.3, -0.25) is 4.79 Å². The Labute approximate surface area is 95.4 Å². The van der Waals surface area contributed by atoms with Gasteiger partial charge in [0, 0.05) is 5.02 Å². The molecule has 1 rings (SSSR count). The SMILES string of the molecule is O=Cc1cc(Cl)cc(Cl)c1OCC(=O)O. The highest BCUT2D eigenvalue weighted by molar-refractivity contribution is 6.36. The minimum Gasteiger partial charge on any atom is -0.480 e. The van der Waals surface area contributed by atoms with E-state index >= 15 is 0 Å².